The summed E-state index contributed by atoms with van der Waals surface area (Å²) in [6, 6.07) is 0. The molecule has 0 amide bonds. The zero-order chi connectivity index (χ0) is 11.4. The van der Waals surface area contributed by atoms with Crippen molar-refractivity contribution in [3.8, 4) is 0 Å². The summed E-state index contributed by atoms with van der Waals surface area (Å²) in [5, 5.41) is 14.3. The Bertz CT molecular complexity index is 274. The number of nitrogens with one attached hydrogen (secondary N) is 1. The number of rotatable bonds is 4. The van der Waals surface area contributed by atoms with Crippen LogP contribution in [0, 0.1) is 5.41 Å². The largest absolute Gasteiger partial charge is 0.550 e. The van der Waals surface area contributed by atoms with Crippen molar-refractivity contribution in [1.29, 1.82) is 0 Å². The number of carboxylic acids is 1. The molecule has 0 saturated carbocycles. The molecule has 0 bridgehead atoms. The predicted octanol–water partition coefficient (Wildman–Crippen LogP) is -0.638. The second-order valence-electron chi connectivity index (χ2n) is 3.61. The van der Waals surface area contributed by atoms with Crippen LogP contribution in [0.4, 0.5) is 0 Å². The number of nitrogens with two attached hydrogens (primary N) is 1. The number of carbonyl (C=O) groups excluding carboxylic acids is 1. The van der Waals surface area contributed by atoms with Crippen molar-refractivity contribution in [3.05, 3.63) is 0 Å². The molecular formula is C8H14N3O2S-. The fourth-order valence-corrected chi connectivity index (χ4v) is 0.825. The molecule has 14 heavy (non-hydrogen) atoms. The number of hydrogen-bond donors (Lipinski definition) is 2. The van der Waals surface area contributed by atoms with Crippen molar-refractivity contribution >= 4 is 29.0 Å². The zero-order valence-electron chi connectivity index (χ0n) is 8.46. The van der Waals surface area contributed by atoms with E-state index in [4.69, 9.17) is 5.73 Å². The first-order chi connectivity index (χ1) is 6.25. The Kier molecular flexibility index (Phi) is 4.49. The number of carboxylic acid groups (broad SMARTS) is 1. The van der Waals surface area contributed by atoms with Gasteiger partial charge in [0.25, 0.3) is 0 Å². The van der Waals surface area contributed by atoms with Crippen LogP contribution >= 0.6 is 12.2 Å². The van der Waals surface area contributed by atoms with Crippen LogP contribution in [0.2, 0.25) is 0 Å². The minimum atomic E-state index is -1.11. The molecule has 0 saturated heterocycles. The van der Waals surface area contributed by atoms with Crippen molar-refractivity contribution in [2.75, 3.05) is 0 Å². The first kappa shape index (κ1) is 12.8. The van der Waals surface area contributed by atoms with Gasteiger partial charge < -0.3 is 15.6 Å². The second kappa shape index (κ2) is 4.90. The number of hydrogen-bond acceptors (Lipinski definition) is 4. The third kappa shape index (κ3) is 4.76. The van der Waals surface area contributed by atoms with Crippen LogP contribution in [-0.4, -0.2) is 16.8 Å². The Balaban J connectivity index is 4.47. The number of hydrazone groups is 1. The molecule has 0 aliphatic heterocycles. The van der Waals surface area contributed by atoms with Crippen LogP contribution in [0.5, 0.6) is 0 Å². The van der Waals surface area contributed by atoms with E-state index in [1.54, 1.807) is 20.8 Å². The van der Waals surface area contributed by atoms with Crippen LogP contribution in [0.3, 0.4) is 0 Å². The van der Waals surface area contributed by atoms with E-state index < -0.39 is 11.4 Å². The lowest BCUT2D eigenvalue weighted by molar-refractivity contribution is -0.307. The van der Waals surface area contributed by atoms with Crippen LogP contribution in [0.15, 0.2) is 5.10 Å². The highest BCUT2D eigenvalue weighted by molar-refractivity contribution is 7.80. The highest BCUT2D eigenvalue weighted by Gasteiger charge is 2.22. The maximum absolute atomic E-state index is 10.4. The van der Waals surface area contributed by atoms with Gasteiger partial charge in [-0.15, -0.1) is 0 Å². The molecule has 80 valence electrons. The van der Waals surface area contributed by atoms with Crippen molar-refractivity contribution in [1.82, 2.24) is 5.43 Å². The van der Waals surface area contributed by atoms with E-state index in [1.165, 1.54) is 0 Å². The third-order valence-electron chi connectivity index (χ3n) is 1.90. The van der Waals surface area contributed by atoms with Crippen LogP contribution in [0.25, 0.3) is 0 Å². The van der Waals surface area contributed by atoms with Gasteiger partial charge >= 0.3 is 0 Å². The minimum Gasteiger partial charge on any atom is -0.550 e. The molecule has 3 N–H and O–H groups in total. The molecule has 0 fully saturated rings. The first-order valence-electron chi connectivity index (χ1n) is 4.06. The molecule has 0 radical (unpaired) electrons. The average Bonchev–Trinajstić information content (AvgIpc) is 1.97. The van der Waals surface area contributed by atoms with E-state index in [1.807, 2.05) is 0 Å². The van der Waals surface area contributed by atoms with Gasteiger partial charge in [0.2, 0.25) is 0 Å². The van der Waals surface area contributed by atoms with E-state index >= 15 is 0 Å². The molecule has 0 aromatic heterocycles. The molecule has 0 aromatic carbocycles. The Morgan fingerprint density at radius 3 is 2.50 bits per heavy atom. The lowest BCUT2D eigenvalue weighted by atomic mass is 9.85. The lowest BCUT2D eigenvalue weighted by Crippen LogP contribution is -2.35. The summed E-state index contributed by atoms with van der Waals surface area (Å²) in [6.07, 6.45) is -0.0959. The fourth-order valence-electron chi connectivity index (χ4n) is 0.779. The third-order valence-corrected chi connectivity index (χ3v) is 1.99. The van der Waals surface area contributed by atoms with E-state index in [0.717, 1.165) is 0 Å². The van der Waals surface area contributed by atoms with E-state index in [0.29, 0.717) is 5.71 Å². The van der Waals surface area contributed by atoms with Gasteiger partial charge in [0.05, 0.1) is 0 Å². The van der Waals surface area contributed by atoms with Gasteiger partial charge in [-0.2, -0.15) is 5.10 Å². The van der Waals surface area contributed by atoms with Gasteiger partial charge in [-0.25, -0.2) is 0 Å². The molecule has 0 spiro atoms. The number of carbonyl (C=O) groups is 1. The van der Waals surface area contributed by atoms with Gasteiger partial charge in [-0.1, -0.05) is 13.8 Å². The molecule has 0 aliphatic rings. The molecule has 0 aliphatic carbocycles. The minimum absolute atomic E-state index is 0.0496. The Hall–Kier alpha value is -1.17. The molecule has 0 rings (SSSR count). The monoisotopic (exact) mass is 216 g/mol. The molecular weight excluding hydrogens is 202 g/mol. The van der Waals surface area contributed by atoms with Crippen molar-refractivity contribution in [2.45, 2.75) is 27.2 Å². The summed E-state index contributed by atoms with van der Waals surface area (Å²) >= 11 is 4.56. The summed E-state index contributed by atoms with van der Waals surface area (Å²) in [5.74, 6) is -1.11. The van der Waals surface area contributed by atoms with Crippen molar-refractivity contribution < 1.29 is 9.90 Å². The highest BCUT2D eigenvalue weighted by Crippen LogP contribution is 2.21. The predicted molar refractivity (Wildman–Crippen MR) is 56.4 cm³/mol. The van der Waals surface area contributed by atoms with Gasteiger partial charge in [-0.3, -0.25) is 5.43 Å². The standard InChI is InChI=1S/C8H15N3O2S/c1-5(10-11-7(9)14)8(2,3)4-6(12)13/h4H2,1-3H3,(H,12,13)(H3,9,11,14)/p-1/b10-5+. The normalized spacial score (nSPS) is 12.4. The Labute approximate surface area is 88.4 Å². The zero-order valence-corrected chi connectivity index (χ0v) is 9.27. The molecule has 6 heteroatoms. The summed E-state index contributed by atoms with van der Waals surface area (Å²) in [4.78, 5) is 10.4. The second-order valence-corrected chi connectivity index (χ2v) is 4.05. The maximum atomic E-state index is 10.4. The summed E-state index contributed by atoms with van der Waals surface area (Å²) in [7, 11) is 0. The number of aliphatic carboxylic acids is 1. The quantitative estimate of drug-likeness (QED) is 0.370. The fraction of sp³-hybridized carbons (Fsp3) is 0.625. The average molecular weight is 216 g/mol. The van der Waals surface area contributed by atoms with E-state index in [9.17, 15) is 9.90 Å². The molecule has 0 aromatic rings. The highest BCUT2D eigenvalue weighted by atomic mass is 32.1. The van der Waals surface area contributed by atoms with Crippen molar-refractivity contribution in [3.63, 3.8) is 0 Å². The lowest BCUT2D eigenvalue weighted by Gasteiger charge is -2.24. The molecule has 0 atom stereocenters. The van der Waals surface area contributed by atoms with Crippen molar-refractivity contribution in [2.24, 2.45) is 16.3 Å². The summed E-state index contributed by atoms with van der Waals surface area (Å²) in [5.41, 5.74) is 7.61. The maximum Gasteiger partial charge on any atom is 0.184 e. The summed E-state index contributed by atoms with van der Waals surface area (Å²) in [6.45, 7) is 5.21. The molecule has 0 heterocycles. The number of thiocarbonyl (C=S) groups is 1. The van der Waals surface area contributed by atoms with Gasteiger partial charge in [-0.05, 0) is 25.6 Å². The SMILES string of the molecule is C/C(=N\NC(N)=S)C(C)(C)CC(=O)[O-]. The van der Waals surface area contributed by atoms with E-state index in [2.05, 4.69) is 22.7 Å². The Morgan fingerprint density at radius 2 is 2.14 bits per heavy atom. The van der Waals surface area contributed by atoms with Crippen LogP contribution in [0.1, 0.15) is 27.2 Å². The molecule has 5 nitrogen and oxygen atoms in total. The molecule has 0 unspecified atom stereocenters. The first-order valence-corrected chi connectivity index (χ1v) is 4.46. The van der Waals surface area contributed by atoms with Gasteiger partial charge in [0, 0.05) is 17.1 Å². The Morgan fingerprint density at radius 1 is 1.64 bits per heavy atom. The van der Waals surface area contributed by atoms with E-state index in [-0.39, 0.29) is 11.5 Å². The van der Waals surface area contributed by atoms with Gasteiger partial charge in [0.15, 0.2) is 5.11 Å². The number of nitrogens with zero attached hydrogens (tertiary/aromatic N) is 1. The summed E-state index contributed by atoms with van der Waals surface area (Å²) < 4.78 is 0. The van der Waals surface area contributed by atoms with Crippen LogP contribution < -0.4 is 16.3 Å². The van der Waals surface area contributed by atoms with Crippen LogP contribution in [-0.2, 0) is 4.79 Å². The van der Waals surface area contributed by atoms with Gasteiger partial charge in [0.1, 0.15) is 0 Å². The topological polar surface area (TPSA) is 90.5 Å². The smallest absolute Gasteiger partial charge is 0.184 e.